The zero-order valence-corrected chi connectivity index (χ0v) is 17.5. The third-order valence-electron chi connectivity index (χ3n) is 3.68. The number of hydroxylamine groups is 2. The molecule has 0 radical (unpaired) electrons. The summed E-state index contributed by atoms with van der Waals surface area (Å²) in [5.74, 6) is -2.27. The van der Waals surface area contributed by atoms with Crippen molar-refractivity contribution in [1.82, 2.24) is 10.4 Å². The van der Waals surface area contributed by atoms with Crippen LogP contribution in [0.25, 0.3) is 0 Å². The largest absolute Gasteiger partial charge is 0.537 e. The number of ether oxygens (including phenoxy) is 2. The topological polar surface area (TPSA) is 128 Å². The van der Waals surface area contributed by atoms with Crippen molar-refractivity contribution in [3.05, 3.63) is 0 Å². The van der Waals surface area contributed by atoms with Crippen molar-refractivity contribution in [2.45, 2.75) is 58.7 Å². The predicted molar refractivity (Wildman–Crippen MR) is 98.6 cm³/mol. The van der Waals surface area contributed by atoms with Crippen molar-refractivity contribution in [2.75, 3.05) is 11.9 Å². The number of nitrogens with one attached hydrogen (secondary N) is 1. The Morgan fingerprint density at radius 2 is 1.71 bits per heavy atom. The monoisotopic (exact) mass is 464 g/mol. The van der Waals surface area contributed by atoms with Crippen LogP contribution in [-0.4, -0.2) is 53.1 Å². The van der Waals surface area contributed by atoms with Gasteiger partial charge in [-0.1, -0.05) is 41.3 Å². The van der Waals surface area contributed by atoms with E-state index in [0.29, 0.717) is 24.4 Å². The number of hydrogen-bond donors (Lipinski definition) is 1. The number of hydrogen-bond acceptors (Lipinski definition) is 8. The number of carbonyl (C=O) groups is 5. The average Bonchev–Trinajstić information content (AvgIpc) is 2.95. The Morgan fingerprint density at radius 3 is 2.29 bits per heavy atom. The first-order valence-electron chi connectivity index (χ1n) is 9.01. The molecule has 1 saturated heterocycles. The number of halogens is 1. The van der Waals surface area contributed by atoms with Crippen LogP contribution in [0.1, 0.15) is 52.4 Å². The molecule has 1 aliphatic heterocycles. The molecule has 1 heterocycles. The molecule has 1 aliphatic rings. The number of rotatable bonds is 11. The van der Waals surface area contributed by atoms with Gasteiger partial charge in [0.25, 0.3) is 18.1 Å². The summed E-state index contributed by atoms with van der Waals surface area (Å²) in [4.78, 5) is 62.2. The molecule has 158 valence electrons. The Bertz CT molecular complexity index is 580. The molecule has 10 nitrogen and oxygen atoms in total. The van der Waals surface area contributed by atoms with Gasteiger partial charge in [-0.25, -0.2) is 4.79 Å². The van der Waals surface area contributed by atoms with E-state index >= 15 is 0 Å². The molecule has 11 heteroatoms. The quantitative estimate of drug-likeness (QED) is 0.161. The molecule has 0 saturated carbocycles. The van der Waals surface area contributed by atoms with Gasteiger partial charge < -0.3 is 14.8 Å². The van der Waals surface area contributed by atoms with E-state index in [-0.39, 0.29) is 36.4 Å². The summed E-state index contributed by atoms with van der Waals surface area (Å²) >= 11 is 3.04. The lowest BCUT2D eigenvalue weighted by Crippen LogP contribution is -2.36. The van der Waals surface area contributed by atoms with Crippen LogP contribution in [0.2, 0.25) is 0 Å². The second kappa shape index (κ2) is 12.3. The van der Waals surface area contributed by atoms with Crippen molar-refractivity contribution in [3.8, 4) is 0 Å². The van der Waals surface area contributed by atoms with Gasteiger partial charge in [0.1, 0.15) is 0 Å². The van der Waals surface area contributed by atoms with Crippen LogP contribution in [-0.2, 0) is 33.5 Å². The van der Waals surface area contributed by atoms with E-state index in [1.807, 2.05) is 0 Å². The van der Waals surface area contributed by atoms with Crippen LogP contribution in [0.4, 0.5) is 4.79 Å². The summed E-state index contributed by atoms with van der Waals surface area (Å²) in [5, 5.41) is 3.31. The van der Waals surface area contributed by atoms with Crippen LogP contribution < -0.4 is 5.32 Å². The van der Waals surface area contributed by atoms with Gasteiger partial charge in [-0.2, -0.15) is 0 Å². The Hall–Kier alpha value is -2.17. The molecule has 0 bridgehead atoms. The fraction of sp³-hybridized carbons (Fsp3) is 0.706. The Labute approximate surface area is 171 Å². The molecule has 0 aromatic carbocycles. The fourth-order valence-corrected chi connectivity index (χ4v) is 2.38. The third kappa shape index (κ3) is 8.68. The molecule has 1 atom stereocenters. The summed E-state index contributed by atoms with van der Waals surface area (Å²) in [6.45, 7) is 3.87. The van der Waals surface area contributed by atoms with E-state index < -0.39 is 30.2 Å². The van der Waals surface area contributed by atoms with E-state index in [2.05, 4.69) is 26.1 Å². The first-order chi connectivity index (χ1) is 13.2. The molecule has 1 rings (SSSR count). The van der Waals surface area contributed by atoms with Gasteiger partial charge in [-0.3, -0.25) is 24.0 Å². The van der Waals surface area contributed by atoms with Crippen LogP contribution in [0.5, 0.6) is 0 Å². The van der Waals surface area contributed by atoms with Crippen molar-refractivity contribution in [3.63, 3.8) is 0 Å². The third-order valence-corrected chi connectivity index (χ3v) is 4.19. The van der Waals surface area contributed by atoms with Crippen LogP contribution in [0.3, 0.4) is 0 Å². The number of amides is 3. The summed E-state index contributed by atoms with van der Waals surface area (Å²) < 4.78 is 10.1. The van der Waals surface area contributed by atoms with Crippen LogP contribution in [0.15, 0.2) is 0 Å². The number of esters is 1. The van der Waals surface area contributed by atoms with Gasteiger partial charge >= 0.3 is 12.1 Å². The molecule has 0 aromatic rings. The van der Waals surface area contributed by atoms with Crippen molar-refractivity contribution >= 4 is 45.8 Å². The number of nitrogens with zero attached hydrogens (tertiary/aromatic N) is 1. The Morgan fingerprint density at radius 1 is 1.07 bits per heavy atom. The number of imide groups is 1. The summed E-state index contributed by atoms with van der Waals surface area (Å²) in [7, 11) is 0. The van der Waals surface area contributed by atoms with Gasteiger partial charge in [0.2, 0.25) is 5.91 Å². The van der Waals surface area contributed by atoms with Crippen molar-refractivity contribution in [2.24, 2.45) is 5.92 Å². The zero-order valence-electron chi connectivity index (χ0n) is 15.9. The van der Waals surface area contributed by atoms with E-state index in [4.69, 9.17) is 9.47 Å². The molecule has 1 fully saturated rings. The first kappa shape index (κ1) is 23.9. The van der Waals surface area contributed by atoms with Gasteiger partial charge in [0, 0.05) is 31.7 Å². The molecular formula is C17H25BrN2O8. The lowest BCUT2D eigenvalue weighted by atomic mass is 10.2. The van der Waals surface area contributed by atoms with Gasteiger partial charge in [-0.05, 0) is 12.8 Å². The number of alkyl halides is 1. The predicted octanol–water partition coefficient (Wildman–Crippen LogP) is 1.80. The number of unbranched alkanes of at least 4 members (excludes halogenated alkanes) is 2. The fourth-order valence-electron chi connectivity index (χ4n) is 2.18. The molecule has 1 N–H and O–H groups in total. The lowest BCUT2D eigenvalue weighted by molar-refractivity contribution is -0.199. The van der Waals surface area contributed by atoms with Crippen molar-refractivity contribution < 1.29 is 38.3 Å². The summed E-state index contributed by atoms with van der Waals surface area (Å²) in [6.07, 6.45) is -0.453. The first-order valence-corrected chi connectivity index (χ1v) is 10.1. The smallest absolute Gasteiger partial charge is 0.425 e. The normalized spacial score (nSPS) is 14.8. The molecule has 28 heavy (non-hydrogen) atoms. The zero-order chi connectivity index (χ0) is 21.1. The highest BCUT2D eigenvalue weighted by Crippen LogP contribution is 2.16. The molecule has 1 unspecified atom stereocenters. The maximum atomic E-state index is 11.9. The lowest BCUT2D eigenvalue weighted by Gasteiger charge is -2.22. The second-order valence-corrected chi connectivity index (χ2v) is 7.00. The van der Waals surface area contributed by atoms with E-state index in [9.17, 15) is 24.0 Å². The van der Waals surface area contributed by atoms with Crippen LogP contribution in [0, 0.1) is 5.92 Å². The van der Waals surface area contributed by atoms with E-state index in [1.54, 1.807) is 13.8 Å². The highest BCUT2D eigenvalue weighted by molar-refractivity contribution is 9.09. The highest BCUT2D eigenvalue weighted by atomic mass is 79.9. The molecular weight excluding hydrogens is 440 g/mol. The van der Waals surface area contributed by atoms with E-state index in [0.717, 1.165) is 6.42 Å². The molecule has 0 aromatic heterocycles. The molecule has 0 aliphatic carbocycles. The highest BCUT2D eigenvalue weighted by Gasteiger charge is 2.34. The number of carbonyl (C=O) groups excluding carboxylic acids is 5. The summed E-state index contributed by atoms with van der Waals surface area (Å²) in [6, 6.07) is 0. The van der Waals surface area contributed by atoms with Gasteiger partial charge in [0.05, 0.1) is 5.33 Å². The van der Waals surface area contributed by atoms with E-state index in [1.165, 1.54) is 0 Å². The van der Waals surface area contributed by atoms with Crippen molar-refractivity contribution in [1.29, 1.82) is 0 Å². The SMILES string of the molecule is CC(C)C(OC(=O)CCCCCNC(=O)CBr)OC(=O)ON1C(=O)CCC1=O. The summed E-state index contributed by atoms with van der Waals surface area (Å²) in [5.41, 5.74) is 0. The van der Waals surface area contributed by atoms with Gasteiger partial charge in [0.15, 0.2) is 0 Å². The molecule has 3 amide bonds. The Balaban J connectivity index is 2.32. The standard InChI is InChI=1S/C17H25BrN2O8/c1-11(2)16(27-17(25)28-20-13(22)7-8-14(20)23)26-15(24)6-4-3-5-9-19-12(21)10-18/h11,16H,3-10H2,1-2H3,(H,19,21). The van der Waals surface area contributed by atoms with Gasteiger partial charge in [-0.15, -0.1) is 0 Å². The average molecular weight is 465 g/mol. The minimum atomic E-state index is -1.29. The minimum Gasteiger partial charge on any atom is -0.425 e. The second-order valence-electron chi connectivity index (χ2n) is 6.44. The maximum absolute atomic E-state index is 11.9. The molecule has 0 spiro atoms. The Kier molecular flexibility index (Phi) is 10.5. The van der Waals surface area contributed by atoms with Crippen LogP contribution >= 0.6 is 15.9 Å². The minimum absolute atomic E-state index is 0.0332. The maximum Gasteiger partial charge on any atom is 0.537 e.